The van der Waals surface area contributed by atoms with Gasteiger partial charge < -0.3 is 25.4 Å². The van der Waals surface area contributed by atoms with Crippen LogP contribution in [-0.2, 0) is 10.3 Å². The Balaban J connectivity index is 1.69. The number of ether oxygens (including phenoxy) is 1. The lowest BCUT2D eigenvalue weighted by atomic mass is 9.69. The number of allylic oxidation sites excluding steroid dienone is 2. The number of ketones is 2. The van der Waals surface area contributed by atoms with Crippen molar-refractivity contribution in [1.82, 2.24) is 0 Å². The summed E-state index contributed by atoms with van der Waals surface area (Å²) < 4.78 is 6.12. The monoisotopic (exact) mass is 439 g/mol. The minimum Gasteiger partial charge on any atom is -0.507 e. The molecule has 0 radical (unpaired) electrons. The zero-order valence-electron chi connectivity index (χ0n) is 17.3. The topological polar surface area (TPSA) is 119 Å². The number of phenolic OH excluding ortho intramolecular Hbond substituents is 1. The molecule has 2 bridgehead atoms. The number of benzene rings is 2. The first-order valence-electron chi connectivity index (χ1n) is 10.4. The molecular formula is C26H17NO6. The van der Waals surface area contributed by atoms with Crippen molar-refractivity contribution in [2.75, 3.05) is 5.32 Å². The van der Waals surface area contributed by atoms with E-state index in [4.69, 9.17) is 4.74 Å². The van der Waals surface area contributed by atoms with Crippen molar-refractivity contribution >= 4 is 17.3 Å². The van der Waals surface area contributed by atoms with Crippen LogP contribution in [0.4, 0.5) is 5.69 Å². The Hall–Kier alpha value is -3.88. The van der Waals surface area contributed by atoms with E-state index in [2.05, 4.69) is 29.0 Å². The molecule has 0 aromatic heterocycles. The van der Waals surface area contributed by atoms with Gasteiger partial charge in [0.2, 0.25) is 0 Å². The Bertz CT molecular complexity index is 1450. The number of anilines is 1. The Morgan fingerprint density at radius 3 is 2.36 bits per heavy atom. The second-order valence-electron chi connectivity index (χ2n) is 8.47. The number of hydrogen-bond donors (Lipinski definition) is 4. The molecule has 0 amide bonds. The maximum atomic E-state index is 13.6. The SMILES string of the molecule is C[C@@H](O)[C@@]12O[C@]13c1cc(O)c4c(c1N[C@H]2C#C/C=C\C#C[C@H]3O)C(=O)c1ccccc1C4=O. The molecule has 0 saturated carbocycles. The fourth-order valence-corrected chi connectivity index (χ4v) is 5.39. The van der Waals surface area contributed by atoms with E-state index in [9.17, 15) is 24.9 Å². The number of epoxide rings is 1. The molecule has 6 rings (SSSR count). The smallest absolute Gasteiger partial charge is 0.198 e. The van der Waals surface area contributed by atoms with Crippen LogP contribution in [0.3, 0.4) is 0 Å². The highest BCUT2D eigenvalue weighted by Crippen LogP contribution is 2.67. The standard InChI is InChI=1S/C26H17NO6/c1-13(28)25-18-10-4-2-3-5-11-19(30)26(25,33-25)16-12-17(29)20-21(22(16)27-18)24(32)15-9-7-6-8-14(15)23(20)31/h2-3,6-9,12-13,18-19,27-30H,1H3/b3-2-/t13-,18+,19-,25+,26+/m1/s1. The number of aliphatic hydroxyl groups excluding tert-OH is 2. The number of aromatic hydroxyl groups is 1. The van der Waals surface area contributed by atoms with Gasteiger partial charge in [0.15, 0.2) is 28.9 Å². The lowest BCUT2D eigenvalue weighted by Gasteiger charge is -2.37. The van der Waals surface area contributed by atoms with Crippen molar-refractivity contribution in [3.05, 3.63) is 70.3 Å². The van der Waals surface area contributed by atoms with E-state index in [0.717, 1.165) is 0 Å². The largest absolute Gasteiger partial charge is 0.507 e. The number of carbonyl (C=O) groups is 2. The van der Waals surface area contributed by atoms with Gasteiger partial charge in [0, 0.05) is 16.7 Å². The van der Waals surface area contributed by atoms with Crippen LogP contribution in [0.15, 0.2) is 42.5 Å². The predicted molar refractivity (Wildman–Crippen MR) is 117 cm³/mol. The fourth-order valence-electron chi connectivity index (χ4n) is 5.39. The third kappa shape index (κ3) is 2.21. The summed E-state index contributed by atoms with van der Waals surface area (Å²) in [5.74, 6) is 9.90. The molecule has 4 N–H and O–H groups in total. The summed E-state index contributed by atoms with van der Waals surface area (Å²) in [5.41, 5.74) is -2.18. The number of hydrogen-bond acceptors (Lipinski definition) is 7. The fraction of sp³-hybridized carbons (Fsp3) is 0.231. The molecule has 2 heterocycles. The Morgan fingerprint density at radius 2 is 1.70 bits per heavy atom. The number of aliphatic hydroxyl groups is 2. The van der Waals surface area contributed by atoms with E-state index in [1.165, 1.54) is 25.1 Å². The average molecular weight is 439 g/mol. The molecule has 162 valence electrons. The highest BCUT2D eigenvalue weighted by atomic mass is 16.7. The van der Waals surface area contributed by atoms with Gasteiger partial charge in [-0.25, -0.2) is 0 Å². The van der Waals surface area contributed by atoms with Gasteiger partial charge in [0.05, 0.1) is 22.9 Å². The minimum absolute atomic E-state index is 0.0117. The molecular weight excluding hydrogens is 422 g/mol. The Labute approximate surface area is 188 Å². The van der Waals surface area contributed by atoms with E-state index in [0.29, 0.717) is 0 Å². The summed E-state index contributed by atoms with van der Waals surface area (Å²) in [6, 6.07) is 6.88. The molecule has 7 heteroatoms. The van der Waals surface area contributed by atoms with Gasteiger partial charge in [-0.3, -0.25) is 9.59 Å². The second-order valence-corrected chi connectivity index (χ2v) is 8.47. The van der Waals surface area contributed by atoms with Crippen molar-refractivity contribution in [2.24, 2.45) is 0 Å². The van der Waals surface area contributed by atoms with Gasteiger partial charge in [-0.1, -0.05) is 47.9 Å². The highest BCUT2D eigenvalue weighted by molar-refractivity contribution is 6.31. The van der Waals surface area contributed by atoms with Crippen LogP contribution < -0.4 is 5.32 Å². The number of phenols is 1. The van der Waals surface area contributed by atoms with E-state index >= 15 is 0 Å². The van der Waals surface area contributed by atoms with Crippen molar-refractivity contribution in [3.63, 3.8) is 0 Å². The van der Waals surface area contributed by atoms with Gasteiger partial charge in [-0.05, 0) is 25.1 Å². The molecule has 1 fully saturated rings. The van der Waals surface area contributed by atoms with Crippen molar-refractivity contribution in [1.29, 1.82) is 0 Å². The van der Waals surface area contributed by atoms with Gasteiger partial charge in [-0.2, -0.15) is 0 Å². The Morgan fingerprint density at radius 1 is 1.06 bits per heavy atom. The summed E-state index contributed by atoms with van der Waals surface area (Å²) >= 11 is 0. The van der Waals surface area contributed by atoms with Gasteiger partial charge in [-0.15, -0.1) is 0 Å². The van der Waals surface area contributed by atoms with E-state index in [-0.39, 0.29) is 33.5 Å². The third-order valence-electron chi connectivity index (χ3n) is 6.87. The first-order valence-corrected chi connectivity index (χ1v) is 10.4. The predicted octanol–water partition coefficient (Wildman–Crippen LogP) is 1.24. The summed E-state index contributed by atoms with van der Waals surface area (Å²) in [6.07, 6.45) is 0.511. The second kappa shape index (κ2) is 6.34. The number of fused-ring (bicyclic) bond motifs is 4. The minimum atomic E-state index is -1.56. The molecule has 0 spiro atoms. The summed E-state index contributed by atoms with van der Waals surface area (Å²) in [4.78, 5) is 26.8. The summed E-state index contributed by atoms with van der Waals surface area (Å²) in [6.45, 7) is 1.52. The number of nitrogens with one attached hydrogen (secondary N) is 1. The number of carbonyl (C=O) groups excluding carboxylic acids is 2. The van der Waals surface area contributed by atoms with Crippen LogP contribution in [0.1, 0.15) is 44.3 Å². The first kappa shape index (κ1) is 19.8. The molecule has 4 aliphatic rings. The van der Waals surface area contributed by atoms with Gasteiger partial charge in [0.1, 0.15) is 11.8 Å². The maximum absolute atomic E-state index is 13.6. The summed E-state index contributed by atoms with van der Waals surface area (Å²) in [7, 11) is 0. The first-order chi connectivity index (χ1) is 15.8. The average Bonchev–Trinajstić information content (AvgIpc) is 3.53. The molecule has 2 aromatic carbocycles. The maximum Gasteiger partial charge on any atom is 0.198 e. The van der Waals surface area contributed by atoms with Crippen LogP contribution in [0, 0.1) is 23.7 Å². The lowest BCUT2D eigenvalue weighted by molar-refractivity contribution is 0.0867. The molecule has 2 aromatic rings. The zero-order valence-corrected chi connectivity index (χ0v) is 17.3. The summed E-state index contributed by atoms with van der Waals surface area (Å²) in [5, 5.41) is 36.0. The van der Waals surface area contributed by atoms with Crippen molar-refractivity contribution in [2.45, 2.75) is 36.4 Å². The van der Waals surface area contributed by atoms with Crippen LogP contribution in [0.25, 0.3) is 0 Å². The van der Waals surface area contributed by atoms with Crippen molar-refractivity contribution in [3.8, 4) is 29.4 Å². The molecule has 2 aliphatic heterocycles. The number of rotatable bonds is 1. The molecule has 1 saturated heterocycles. The van der Waals surface area contributed by atoms with E-state index < -0.39 is 46.8 Å². The Kier molecular flexibility index (Phi) is 3.80. The lowest BCUT2D eigenvalue weighted by Crippen LogP contribution is -2.54. The molecule has 2 aliphatic carbocycles. The van der Waals surface area contributed by atoms with Gasteiger partial charge in [0.25, 0.3) is 0 Å². The zero-order chi connectivity index (χ0) is 23.1. The molecule has 33 heavy (non-hydrogen) atoms. The molecule has 5 atom stereocenters. The highest BCUT2D eigenvalue weighted by Gasteiger charge is 2.82. The normalized spacial score (nSPS) is 31.6. The molecule has 7 nitrogen and oxygen atoms in total. The van der Waals surface area contributed by atoms with Gasteiger partial charge >= 0.3 is 0 Å². The van der Waals surface area contributed by atoms with E-state index in [1.54, 1.807) is 24.3 Å². The molecule has 0 unspecified atom stereocenters. The quantitative estimate of drug-likeness (QED) is 0.256. The van der Waals surface area contributed by atoms with E-state index in [1.807, 2.05) is 0 Å². The van der Waals surface area contributed by atoms with Crippen molar-refractivity contribution < 1.29 is 29.6 Å². The third-order valence-corrected chi connectivity index (χ3v) is 6.87. The van der Waals surface area contributed by atoms with Crippen LogP contribution in [0.2, 0.25) is 0 Å². The van der Waals surface area contributed by atoms with Crippen LogP contribution >= 0.6 is 0 Å². The van der Waals surface area contributed by atoms with Crippen LogP contribution in [-0.4, -0.2) is 50.7 Å². The van der Waals surface area contributed by atoms with Crippen LogP contribution in [0.5, 0.6) is 5.75 Å².